The van der Waals surface area contributed by atoms with Crippen LogP contribution in [0.4, 0.5) is 22.7 Å². The fourth-order valence-corrected chi connectivity index (χ4v) is 7.46. The van der Waals surface area contributed by atoms with Gasteiger partial charge in [0.2, 0.25) is 6.29 Å². The third-order valence-electron chi connectivity index (χ3n) is 7.91. The van der Waals surface area contributed by atoms with E-state index in [2.05, 4.69) is 99.2 Å². The van der Waals surface area contributed by atoms with Crippen LogP contribution in [0, 0.1) is 97.0 Å². The Morgan fingerprint density at radius 2 is 1.49 bits per heavy atom. The monoisotopic (exact) mass is 901 g/mol. The molecular formula is C47H31Cl4N5O4S. The third kappa shape index (κ3) is 13.5. The number of aliphatic hydroxyl groups excluding tert-OH is 1. The van der Waals surface area contributed by atoms with E-state index in [1.54, 1.807) is 24.3 Å². The summed E-state index contributed by atoms with van der Waals surface area (Å²) in [6.45, 7) is 6.14. The lowest BCUT2D eigenvalue weighted by Gasteiger charge is -2.21. The molecule has 0 bridgehead atoms. The Labute approximate surface area is 379 Å². The molecule has 61 heavy (non-hydrogen) atoms. The highest BCUT2D eigenvalue weighted by molar-refractivity contribution is 8.01. The van der Waals surface area contributed by atoms with Crippen LogP contribution in [0.2, 0.25) is 20.1 Å². The van der Waals surface area contributed by atoms with E-state index in [4.69, 9.17) is 66.0 Å². The van der Waals surface area contributed by atoms with E-state index in [1.807, 2.05) is 57.2 Å². The first-order valence-corrected chi connectivity index (χ1v) is 20.4. The predicted octanol–water partition coefficient (Wildman–Crippen LogP) is 9.58. The van der Waals surface area contributed by atoms with Gasteiger partial charge in [0.25, 0.3) is 5.91 Å². The molecule has 4 N–H and O–H groups in total. The van der Waals surface area contributed by atoms with Gasteiger partial charge >= 0.3 is 0 Å². The number of hydrazine groups is 1. The molecule has 0 radical (unpaired) electrons. The molecule has 14 heteroatoms. The number of aliphatic hydroxyl groups is 1. The first-order valence-electron chi connectivity index (χ1n) is 18.0. The fraction of sp³-hybridized carbons (Fsp3) is 0.149. The fourth-order valence-electron chi connectivity index (χ4n) is 5.21. The third-order valence-corrected chi connectivity index (χ3v) is 10.3. The van der Waals surface area contributed by atoms with Gasteiger partial charge in [0.1, 0.15) is 35.4 Å². The van der Waals surface area contributed by atoms with Crippen LogP contribution in [-0.4, -0.2) is 35.1 Å². The molecule has 1 fully saturated rings. The molecule has 4 aromatic carbocycles. The van der Waals surface area contributed by atoms with Crippen LogP contribution in [0.15, 0.2) is 82.7 Å². The first-order chi connectivity index (χ1) is 29.6. The number of aliphatic imine (C=N–C) groups is 1. The second-order valence-corrected chi connectivity index (χ2v) is 15.0. The van der Waals surface area contributed by atoms with Crippen molar-refractivity contribution < 1.29 is 19.4 Å². The van der Waals surface area contributed by atoms with E-state index in [0.29, 0.717) is 33.5 Å². The predicted molar refractivity (Wildman–Crippen MR) is 247 cm³/mol. The number of amides is 1. The van der Waals surface area contributed by atoms with Crippen molar-refractivity contribution in [1.29, 1.82) is 0 Å². The summed E-state index contributed by atoms with van der Waals surface area (Å²) >= 11 is 27.3. The number of carbonyl (C=O) groups excluding carboxylic acids is 1. The lowest BCUT2D eigenvalue weighted by Crippen LogP contribution is -2.36. The van der Waals surface area contributed by atoms with Gasteiger partial charge in [-0.05, 0) is 67.9 Å². The maximum atomic E-state index is 14.3. The number of carbonyl (C=O) groups is 1. The molecule has 1 amide bonds. The van der Waals surface area contributed by atoms with Gasteiger partial charge in [-0.3, -0.25) is 10.2 Å². The number of benzene rings is 4. The van der Waals surface area contributed by atoms with E-state index in [-0.39, 0.29) is 28.3 Å². The summed E-state index contributed by atoms with van der Waals surface area (Å²) in [5, 5.41) is 15.9. The van der Waals surface area contributed by atoms with E-state index in [9.17, 15) is 4.79 Å². The Morgan fingerprint density at radius 1 is 0.836 bits per heavy atom. The molecule has 5 rings (SSSR count). The van der Waals surface area contributed by atoms with Crippen LogP contribution >= 0.6 is 58.2 Å². The van der Waals surface area contributed by atoms with Crippen molar-refractivity contribution in [3.05, 3.63) is 104 Å². The molecule has 1 aliphatic rings. The van der Waals surface area contributed by atoms with Crippen LogP contribution in [-0.2, 0) is 9.53 Å². The molecule has 0 aliphatic carbocycles. The molecular weight excluding hydrogens is 872 g/mol. The lowest BCUT2D eigenvalue weighted by atomic mass is 10.1. The van der Waals surface area contributed by atoms with Gasteiger partial charge in [0, 0.05) is 105 Å². The second kappa shape index (κ2) is 23.3. The SMILES string of the molecule is CCC(OCNc1ccccc1SC1C(=O)N(c2c(Cl)cc(Cl)cc2Cl)NC1=Nc1cc(NC#CC#CC#CC#CC#CC#CC#CO)ccc1Cl)Oc1ccc(C)cc1C. The Morgan fingerprint density at radius 3 is 2.15 bits per heavy atom. The summed E-state index contributed by atoms with van der Waals surface area (Å²) in [5.74, 6) is 30.2. The van der Waals surface area contributed by atoms with Crippen molar-refractivity contribution >= 4 is 92.7 Å². The number of rotatable bonds is 12. The second-order valence-electron chi connectivity index (χ2n) is 12.2. The number of thioether (sulfide) groups is 1. The number of aryl methyl sites for hydroxylation is 2. The number of anilines is 3. The number of ether oxygens (including phenoxy) is 2. The Kier molecular flexibility index (Phi) is 17.4. The summed E-state index contributed by atoms with van der Waals surface area (Å²) in [6, 6.07) is 24.3. The summed E-state index contributed by atoms with van der Waals surface area (Å²) in [5.41, 5.74) is 7.09. The van der Waals surface area contributed by atoms with Gasteiger partial charge in [-0.15, -0.1) is 11.8 Å². The average molecular weight is 904 g/mol. The molecule has 0 aromatic heterocycles. The van der Waals surface area contributed by atoms with Crippen LogP contribution in [0.25, 0.3) is 0 Å². The Balaban J connectivity index is 1.36. The average Bonchev–Trinajstić information content (AvgIpc) is 3.52. The zero-order valence-corrected chi connectivity index (χ0v) is 36.3. The largest absolute Gasteiger partial charge is 0.465 e. The minimum absolute atomic E-state index is 0.129. The number of nitrogens with zero attached hydrogens (tertiary/aromatic N) is 2. The van der Waals surface area contributed by atoms with Gasteiger partial charge in [0.05, 0.1) is 20.8 Å². The number of nitrogens with one attached hydrogen (secondary N) is 3. The highest BCUT2D eigenvalue weighted by Gasteiger charge is 2.41. The number of para-hydroxylation sites is 1. The Bertz CT molecular complexity index is 2800. The van der Waals surface area contributed by atoms with E-state index < -0.39 is 17.4 Å². The summed E-state index contributed by atoms with van der Waals surface area (Å²) in [7, 11) is 0. The quantitative estimate of drug-likeness (QED) is 0.0633. The van der Waals surface area contributed by atoms with Crippen molar-refractivity contribution in [2.75, 3.05) is 22.4 Å². The van der Waals surface area contributed by atoms with Crippen molar-refractivity contribution in [3.63, 3.8) is 0 Å². The maximum Gasteiger partial charge on any atom is 0.267 e. The molecule has 1 heterocycles. The minimum Gasteiger partial charge on any atom is -0.465 e. The van der Waals surface area contributed by atoms with Gasteiger partial charge in [-0.1, -0.05) is 83.2 Å². The van der Waals surface area contributed by atoms with Crippen molar-refractivity contribution in [2.24, 2.45) is 4.99 Å². The van der Waals surface area contributed by atoms with Crippen LogP contribution < -0.4 is 25.8 Å². The van der Waals surface area contributed by atoms with Crippen LogP contribution in [0.5, 0.6) is 5.75 Å². The van der Waals surface area contributed by atoms with Crippen molar-refractivity contribution in [2.45, 2.75) is 43.6 Å². The highest BCUT2D eigenvalue weighted by atomic mass is 35.5. The zero-order chi connectivity index (χ0) is 43.6. The maximum absolute atomic E-state index is 14.3. The Hall–Kier alpha value is -6.59. The number of hydrogen-bond donors (Lipinski definition) is 4. The van der Waals surface area contributed by atoms with E-state index in [1.165, 1.54) is 28.9 Å². The molecule has 0 spiro atoms. The van der Waals surface area contributed by atoms with Crippen molar-refractivity contribution in [1.82, 2.24) is 5.43 Å². The van der Waals surface area contributed by atoms with Gasteiger partial charge < -0.3 is 25.2 Å². The smallest absolute Gasteiger partial charge is 0.267 e. The van der Waals surface area contributed by atoms with E-state index >= 15 is 0 Å². The molecule has 1 saturated heterocycles. The highest BCUT2D eigenvalue weighted by Crippen LogP contribution is 2.41. The number of hydrogen-bond acceptors (Lipinski definition) is 8. The van der Waals surface area contributed by atoms with Crippen LogP contribution in [0.3, 0.4) is 0 Å². The van der Waals surface area contributed by atoms with E-state index in [0.717, 1.165) is 21.8 Å². The summed E-state index contributed by atoms with van der Waals surface area (Å²) < 4.78 is 12.2. The molecule has 2 unspecified atom stereocenters. The zero-order valence-electron chi connectivity index (χ0n) is 32.5. The van der Waals surface area contributed by atoms with Gasteiger partial charge in [-0.25, -0.2) is 10.0 Å². The topological polar surface area (TPSA) is 107 Å². The van der Waals surface area contributed by atoms with Crippen LogP contribution in [0.1, 0.15) is 24.5 Å². The minimum atomic E-state index is -0.913. The molecule has 302 valence electrons. The van der Waals surface area contributed by atoms with Crippen molar-refractivity contribution in [3.8, 4) is 88.9 Å². The first kappa shape index (κ1) is 45.5. The molecule has 4 aromatic rings. The number of halogens is 4. The van der Waals surface area contributed by atoms with Gasteiger partial charge in [0.15, 0.2) is 0 Å². The molecule has 9 nitrogen and oxygen atoms in total. The summed E-state index contributed by atoms with van der Waals surface area (Å²) in [4.78, 5) is 19.9. The normalized spacial score (nSPS) is 13.2. The molecule has 0 saturated carbocycles. The molecule has 1 aliphatic heterocycles. The van der Waals surface area contributed by atoms with Gasteiger partial charge in [-0.2, -0.15) is 0 Å². The summed E-state index contributed by atoms with van der Waals surface area (Å²) in [6.07, 6.45) is 1.76. The lowest BCUT2D eigenvalue weighted by molar-refractivity contribution is -0.116. The standard InChI is InChI=1S/C47H31Cl4N5O4S/c1-4-43(60-41-24-21-32(2)27-33(41)3)59-31-53-39-19-15-16-20-42(39)61-45-46(55-56(47(45)58)44-37(50)28-34(48)29-38(44)51)54-40-30-35(22-23-36(40)49)52-25-17-13-11-9-7-5-6-8-10-12-14-18-26-57/h15-16,19-24,27-30,43,45,52-53,57H,4,31H2,1-3H3,(H,54,55). The molecule has 2 atom stereocenters. The number of amidine groups is 1.